The third-order valence-corrected chi connectivity index (χ3v) is 7.78. The van der Waals surface area contributed by atoms with Crippen molar-refractivity contribution in [3.8, 4) is 0 Å². The molecule has 3 rings (SSSR count). The molecule has 3 heterocycles. The maximum atomic E-state index is 13.7. The number of hydrogen-bond acceptors (Lipinski definition) is 5. The van der Waals surface area contributed by atoms with E-state index in [-0.39, 0.29) is 30.2 Å². The van der Waals surface area contributed by atoms with E-state index < -0.39 is 29.1 Å². The molecule has 6 atom stereocenters. The smallest absolute Gasteiger partial charge is 0.245 e. The van der Waals surface area contributed by atoms with Crippen LogP contribution in [0.3, 0.4) is 0 Å². The summed E-state index contributed by atoms with van der Waals surface area (Å²) in [7, 11) is 0. The number of carbonyl (C=O) groups excluding carboxylic acids is 3. The van der Waals surface area contributed by atoms with E-state index in [4.69, 9.17) is 4.74 Å². The average Bonchev–Trinajstić information content (AvgIpc) is 3.27. The van der Waals surface area contributed by atoms with Crippen LogP contribution in [0.5, 0.6) is 0 Å². The standard InChI is InChI=1S/C24H41N3O5/c1-5-7-8-12-26-21(30)19-24-15-16(3)23(4,32-24)17(20(29)25-11-6-2)18(24)22(31)27(19)13-9-10-14-28/h16-19,28H,5-15H2,1-4H3,(H,25,29)(H,26,30)/t16?,17-,18+,19?,23+,24?/m1/s1. The molecule has 2 bridgehead atoms. The van der Waals surface area contributed by atoms with Gasteiger partial charge in [-0.1, -0.05) is 33.6 Å². The minimum absolute atomic E-state index is 0.0398. The van der Waals surface area contributed by atoms with Gasteiger partial charge in [0.25, 0.3) is 0 Å². The lowest BCUT2D eigenvalue weighted by molar-refractivity contribution is -0.147. The Morgan fingerprint density at radius 2 is 1.81 bits per heavy atom. The fraction of sp³-hybridized carbons (Fsp3) is 0.875. The van der Waals surface area contributed by atoms with Crippen LogP contribution >= 0.6 is 0 Å². The van der Waals surface area contributed by atoms with Crippen LogP contribution in [0.1, 0.15) is 72.6 Å². The van der Waals surface area contributed by atoms with Crippen LogP contribution in [0, 0.1) is 17.8 Å². The number of ether oxygens (including phenoxy) is 1. The first-order valence-corrected chi connectivity index (χ1v) is 12.4. The summed E-state index contributed by atoms with van der Waals surface area (Å²) in [5, 5.41) is 15.2. The van der Waals surface area contributed by atoms with E-state index in [0.717, 1.165) is 25.7 Å². The Bertz CT molecular complexity index is 716. The van der Waals surface area contributed by atoms with Gasteiger partial charge in [-0.3, -0.25) is 14.4 Å². The molecule has 3 fully saturated rings. The molecule has 3 aliphatic heterocycles. The van der Waals surface area contributed by atoms with Gasteiger partial charge in [0, 0.05) is 26.2 Å². The zero-order chi connectivity index (χ0) is 23.5. The number of fused-ring (bicyclic) bond motifs is 1. The molecule has 3 N–H and O–H groups in total. The van der Waals surface area contributed by atoms with Crippen LogP contribution in [-0.2, 0) is 19.1 Å². The fourth-order valence-corrected chi connectivity index (χ4v) is 6.11. The number of aliphatic hydroxyl groups is 1. The number of likely N-dealkylation sites (tertiary alicyclic amines) is 1. The Labute approximate surface area is 191 Å². The summed E-state index contributed by atoms with van der Waals surface area (Å²) in [4.78, 5) is 42.0. The number of carbonyl (C=O) groups is 3. The van der Waals surface area contributed by atoms with E-state index in [0.29, 0.717) is 38.9 Å². The summed E-state index contributed by atoms with van der Waals surface area (Å²) in [6.45, 7) is 9.62. The summed E-state index contributed by atoms with van der Waals surface area (Å²) in [6.07, 6.45) is 5.53. The highest BCUT2D eigenvalue weighted by Crippen LogP contribution is 2.65. The summed E-state index contributed by atoms with van der Waals surface area (Å²) in [5.74, 6) is -1.71. The lowest BCUT2D eigenvalue weighted by atomic mass is 9.62. The third kappa shape index (κ3) is 4.04. The van der Waals surface area contributed by atoms with Crippen LogP contribution in [0.25, 0.3) is 0 Å². The van der Waals surface area contributed by atoms with E-state index in [1.54, 1.807) is 4.90 Å². The highest BCUT2D eigenvalue weighted by Gasteiger charge is 2.79. The van der Waals surface area contributed by atoms with Gasteiger partial charge in [-0.15, -0.1) is 0 Å². The van der Waals surface area contributed by atoms with Crippen LogP contribution in [0.15, 0.2) is 0 Å². The zero-order valence-corrected chi connectivity index (χ0v) is 20.1. The number of aliphatic hydroxyl groups excluding tert-OH is 1. The second-order valence-electron chi connectivity index (χ2n) is 9.96. The molecule has 0 aromatic carbocycles. The zero-order valence-electron chi connectivity index (χ0n) is 20.1. The van der Waals surface area contributed by atoms with E-state index in [1.807, 2.05) is 13.8 Å². The average molecular weight is 452 g/mol. The van der Waals surface area contributed by atoms with Crippen LogP contribution in [-0.4, -0.2) is 71.2 Å². The Balaban J connectivity index is 1.93. The summed E-state index contributed by atoms with van der Waals surface area (Å²) < 4.78 is 6.63. The van der Waals surface area contributed by atoms with Crippen molar-refractivity contribution in [3.05, 3.63) is 0 Å². The Morgan fingerprint density at radius 3 is 2.47 bits per heavy atom. The number of hydrogen-bond donors (Lipinski definition) is 3. The summed E-state index contributed by atoms with van der Waals surface area (Å²) >= 11 is 0. The molecule has 3 amide bonds. The fourth-order valence-electron chi connectivity index (χ4n) is 6.11. The van der Waals surface area contributed by atoms with Gasteiger partial charge in [-0.25, -0.2) is 0 Å². The van der Waals surface area contributed by atoms with Gasteiger partial charge >= 0.3 is 0 Å². The number of rotatable bonds is 12. The number of unbranched alkanes of at least 4 members (excludes halogenated alkanes) is 3. The van der Waals surface area contributed by atoms with Crippen molar-refractivity contribution in [2.45, 2.75) is 89.9 Å². The Hall–Kier alpha value is -1.67. The molecule has 0 saturated carbocycles. The third-order valence-electron chi connectivity index (χ3n) is 7.78. The molecule has 0 radical (unpaired) electrons. The Kier molecular flexibility index (Phi) is 7.86. The van der Waals surface area contributed by atoms with Crippen molar-refractivity contribution in [2.24, 2.45) is 17.8 Å². The monoisotopic (exact) mass is 451 g/mol. The maximum Gasteiger partial charge on any atom is 0.245 e. The molecule has 0 aliphatic carbocycles. The molecule has 32 heavy (non-hydrogen) atoms. The van der Waals surface area contributed by atoms with Gasteiger partial charge in [0.1, 0.15) is 11.6 Å². The van der Waals surface area contributed by atoms with Gasteiger partial charge in [0.15, 0.2) is 0 Å². The minimum atomic E-state index is -0.979. The van der Waals surface area contributed by atoms with E-state index >= 15 is 0 Å². The van der Waals surface area contributed by atoms with Crippen molar-refractivity contribution in [1.29, 1.82) is 0 Å². The molecular formula is C24H41N3O5. The van der Waals surface area contributed by atoms with Crippen LogP contribution in [0.2, 0.25) is 0 Å². The van der Waals surface area contributed by atoms with Gasteiger partial charge in [0.2, 0.25) is 17.7 Å². The predicted molar refractivity (Wildman–Crippen MR) is 121 cm³/mol. The molecule has 3 unspecified atom stereocenters. The van der Waals surface area contributed by atoms with Gasteiger partial charge in [-0.05, 0) is 44.9 Å². The SMILES string of the molecule is CCCCCNC(=O)C1N(CCCCO)C(=O)[C@@H]2[C@H](C(=O)NCCC)[C@@]3(C)OC12CC3C. The van der Waals surface area contributed by atoms with Crippen molar-refractivity contribution >= 4 is 17.7 Å². The van der Waals surface area contributed by atoms with Crippen LogP contribution in [0.4, 0.5) is 0 Å². The lowest BCUT2D eigenvalue weighted by Crippen LogP contribution is -2.56. The first-order valence-electron chi connectivity index (χ1n) is 12.4. The Morgan fingerprint density at radius 1 is 1.09 bits per heavy atom. The number of amides is 3. The highest BCUT2D eigenvalue weighted by molar-refractivity contribution is 5.99. The molecule has 0 aromatic heterocycles. The lowest BCUT2D eigenvalue weighted by Gasteiger charge is -2.36. The van der Waals surface area contributed by atoms with E-state index in [9.17, 15) is 19.5 Å². The molecule has 1 spiro atoms. The second kappa shape index (κ2) is 10.1. The molecular weight excluding hydrogens is 410 g/mol. The molecule has 3 aliphatic rings. The minimum Gasteiger partial charge on any atom is -0.396 e. The largest absolute Gasteiger partial charge is 0.396 e. The normalized spacial score (nSPS) is 35.3. The maximum absolute atomic E-state index is 13.7. The van der Waals surface area contributed by atoms with Crippen molar-refractivity contribution < 1.29 is 24.2 Å². The molecule has 0 aromatic rings. The number of nitrogens with zero attached hydrogens (tertiary/aromatic N) is 1. The first-order chi connectivity index (χ1) is 15.3. The van der Waals surface area contributed by atoms with Crippen molar-refractivity contribution in [3.63, 3.8) is 0 Å². The van der Waals surface area contributed by atoms with Gasteiger partial charge in [0.05, 0.1) is 17.4 Å². The van der Waals surface area contributed by atoms with E-state index in [1.165, 1.54) is 0 Å². The van der Waals surface area contributed by atoms with Crippen molar-refractivity contribution in [2.75, 3.05) is 26.2 Å². The second-order valence-corrected chi connectivity index (χ2v) is 9.96. The molecule has 8 nitrogen and oxygen atoms in total. The molecule has 3 saturated heterocycles. The topological polar surface area (TPSA) is 108 Å². The predicted octanol–water partition coefficient (Wildman–Crippen LogP) is 1.60. The molecule has 182 valence electrons. The molecule has 8 heteroatoms. The quantitative estimate of drug-likeness (QED) is 0.391. The summed E-state index contributed by atoms with van der Waals surface area (Å²) in [6, 6.07) is -0.742. The van der Waals surface area contributed by atoms with Crippen LogP contribution < -0.4 is 10.6 Å². The highest BCUT2D eigenvalue weighted by atomic mass is 16.5. The number of nitrogens with one attached hydrogen (secondary N) is 2. The first kappa shape index (κ1) is 25.0. The van der Waals surface area contributed by atoms with E-state index in [2.05, 4.69) is 24.5 Å². The van der Waals surface area contributed by atoms with Gasteiger partial charge in [-0.2, -0.15) is 0 Å². The van der Waals surface area contributed by atoms with Gasteiger partial charge < -0.3 is 25.4 Å². The summed E-state index contributed by atoms with van der Waals surface area (Å²) in [5.41, 5.74) is -1.75. The van der Waals surface area contributed by atoms with Crippen molar-refractivity contribution in [1.82, 2.24) is 15.5 Å².